The van der Waals surface area contributed by atoms with Crippen LogP contribution >= 0.6 is 0 Å². The van der Waals surface area contributed by atoms with Gasteiger partial charge in [-0.05, 0) is 112 Å². The molecule has 0 unspecified atom stereocenters. The van der Waals surface area contributed by atoms with E-state index in [1.54, 1.807) is 0 Å². The van der Waals surface area contributed by atoms with E-state index >= 15 is 0 Å². The SMILES string of the molecule is c1cc(-c2ccc(-c3ccc4c(c3)c3ccccc3c3c5ccccc5c5ccccc5c43)cc2)cc(-c2cccc3oc4ccccc4c23)c1. The van der Waals surface area contributed by atoms with Crippen molar-refractivity contribution in [3.05, 3.63) is 182 Å². The number of furan rings is 1. The highest BCUT2D eigenvalue weighted by molar-refractivity contribution is 6.39. The Morgan fingerprint density at radius 3 is 1.33 bits per heavy atom. The minimum atomic E-state index is 0.918. The molecule has 0 aliphatic carbocycles. The van der Waals surface area contributed by atoms with Crippen molar-refractivity contribution in [2.75, 3.05) is 0 Å². The van der Waals surface area contributed by atoms with Crippen LogP contribution in [0.15, 0.2) is 186 Å². The molecule has 51 heavy (non-hydrogen) atoms. The second-order valence-electron chi connectivity index (χ2n) is 13.6. The Hall–Kier alpha value is -6.70. The minimum Gasteiger partial charge on any atom is -0.456 e. The van der Waals surface area contributed by atoms with Crippen molar-refractivity contribution in [2.45, 2.75) is 0 Å². The van der Waals surface area contributed by atoms with Gasteiger partial charge in [0, 0.05) is 10.8 Å². The quantitative estimate of drug-likeness (QED) is 0.174. The maximum Gasteiger partial charge on any atom is 0.136 e. The lowest BCUT2D eigenvalue weighted by Crippen LogP contribution is -1.89. The van der Waals surface area contributed by atoms with Gasteiger partial charge in [-0.2, -0.15) is 0 Å². The summed E-state index contributed by atoms with van der Waals surface area (Å²) in [6.07, 6.45) is 0. The highest BCUT2D eigenvalue weighted by Crippen LogP contribution is 2.45. The summed E-state index contributed by atoms with van der Waals surface area (Å²) in [5.74, 6) is 0. The zero-order valence-electron chi connectivity index (χ0n) is 27.7. The summed E-state index contributed by atoms with van der Waals surface area (Å²) >= 11 is 0. The van der Waals surface area contributed by atoms with Crippen LogP contribution < -0.4 is 0 Å². The van der Waals surface area contributed by atoms with Gasteiger partial charge in [0.25, 0.3) is 0 Å². The van der Waals surface area contributed by atoms with Crippen molar-refractivity contribution in [2.24, 2.45) is 0 Å². The van der Waals surface area contributed by atoms with Crippen LogP contribution in [0, 0.1) is 0 Å². The van der Waals surface area contributed by atoms with Gasteiger partial charge in [0.2, 0.25) is 0 Å². The highest BCUT2D eigenvalue weighted by Gasteiger charge is 2.17. The molecule has 10 aromatic carbocycles. The molecular formula is C50H30O. The van der Waals surface area contributed by atoms with Crippen LogP contribution in [-0.2, 0) is 0 Å². The zero-order valence-corrected chi connectivity index (χ0v) is 27.7. The number of rotatable bonds is 3. The molecule has 0 aliphatic heterocycles. The standard InChI is InChI=1S/C50H30O/c1-4-16-40-37(13-1)38-14-2-5-17-41(38)50-43-28-27-34(30-45(43)39-15-3-6-18-42(39)49(40)50)32-25-23-31(24-26-32)33-11-9-12-35(29-33)36-20-10-22-47-48(36)44-19-7-8-21-46(44)51-47/h1-30H. The lowest BCUT2D eigenvalue weighted by Gasteiger charge is -2.17. The van der Waals surface area contributed by atoms with Crippen molar-refractivity contribution in [3.8, 4) is 33.4 Å². The Morgan fingerprint density at radius 1 is 0.235 bits per heavy atom. The summed E-state index contributed by atoms with van der Waals surface area (Å²) in [7, 11) is 0. The van der Waals surface area contributed by atoms with Gasteiger partial charge >= 0.3 is 0 Å². The third kappa shape index (κ3) is 4.22. The van der Waals surface area contributed by atoms with Gasteiger partial charge < -0.3 is 4.42 Å². The molecule has 11 aromatic rings. The molecule has 0 amide bonds. The van der Waals surface area contributed by atoms with Gasteiger partial charge in [0.15, 0.2) is 0 Å². The van der Waals surface area contributed by atoms with Crippen LogP contribution in [0.2, 0.25) is 0 Å². The zero-order chi connectivity index (χ0) is 33.5. The molecule has 0 aliphatic rings. The largest absolute Gasteiger partial charge is 0.456 e. The van der Waals surface area contributed by atoms with Crippen LogP contribution in [0.4, 0.5) is 0 Å². The van der Waals surface area contributed by atoms with Gasteiger partial charge in [-0.3, -0.25) is 0 Å². The molecule has 0 saturated heterocycles. The molecule has 1 aromatic heterocycles. The molecule has 0 spiro atoms. The summed E-state index contributed by atoms with van der Waals surface area (Å²) in [6.45, 7) is 0. The first-order valence-electron chi connectivity index (χ1n) is 17.6. The summed E-state index contributed by atoms with van der Waals surface area (Å²) in [4.78, 5) is 0. The molecule has 236 valence electrons. The van der Waals surface area contributed by atoms with E-state index in [-0.39, 0.29) is 0 Å². The second kappa shape index (κ2) is 10.9. The topological polar surface area (TPSA) is 13.1 Å². The lowest BCUT2D eigenvalue weighted by atomic mass is 9.86. The number of hydrogen-bond donors (Lipinski definition) is 0. The summed E-state index contributed by atoms with van der Waals surface area (Å²) in [6, 6.07) is 66.2. The summed E-state index contributed by atoms with van der Waals surface area (Å²) in [5.41, 5.74) is 9.02. The molecule has 1 heterocycles. The molecule has 0 bridgehead atoms. The molecule has 1 heteroatoms. The van der Waals surface area contributed by atoms with Gasteiger partial charge in [-0.1, -0.05) is 158 Å². The Balaban J connectivity index is 1.04. The summed E-state index contributed by atoms with van der Waals surface area (Å²) < 4.78 is 6.19. The van der Waals surface area contributed by atoms with E-state index in [2.05, 4.69) is 170 Å². The Morgan fingerprint density at radius 2 is 0.686 bits per heavy atom. The van der Waals surface area contributed by atoms with E-state index in [9.17, 15) is 0 Å². The Kier molecular flexibility index (Phi) is 6.02. The maximum atomic E-state index is 6.19. The maximum absolute atomic E-state index is 6.19. The fourth-order valence-electron chi connectivity index (χ4n) is 8.54. The van der Waals surface area contributed by atoms with E-state index in [0.29, 0.717) is 0 Å². The van der Waals surface area contributed by atoms with Crippen molar-refractivity contribution in [3.63, 3.8) is 0 Å². The molecule has 0 radical (unpaired) electrons. The Labute approximate surface area is 294 Å². The number of para-hydroxylation sites is 1. The smallest absolute Gasteiger partial charge is 0.136 e. The molecule has 1 nitrogen and oxygen atoms in total. The first-order chi connectivity index (χ1) is 25.3. The van der Waals surface area contributed by atoms with Crippen molar-refractivity contribution in [1.29, 1.82) is 0 Å². The van der Waals surface area contributed by atoms with E-state index < -0.39 is 0 Å². The fraction of sp³-hybridized carbons (Fsp3) is 0. The Bertz CT molecular complexity index is 3180. The fourth-order valence-corrected chi connectivity index (χ4v) is 8.54. The molecule has 0 N–H and O–H groups in total. The van der Waals surface area contributed by atoms with E-state index in [1.165, 1.54) is 92.6 Å². The first kappa shape index (κ1) is 28.2. The predicted octanol–water partition coefficient (Wildman–Crippen LogP) is 14.4. The van der Waals surface area contributed by atoms with E-state index in [0.717, 1.165) is 16.6 Å². The van der Waals surface area contributed by atoms with Crippen molar-refractivity contribution in [1.82, 2.24) is 0 Å². The van der Waals surface area contributed by atoms with Gasteiger partial charge in [-0.25, -0.2) is 0 Å². The second-order valence-corrected chi connectivity index (χ2v) is 13.6. The van der Waals surface area contributed by atoms with Crippen LogP contribution in [0.25, 0.3) is 109 Å². The molecule has 0 atom stereocenters. The lowest BCUT2D eigenvalue weighted by molar-refractivity contribution is 0.669. The van der Waals surface area contributed by atoms with Crippen molar-refractivity contribution >= 4 is 75.8 Å². The molecule has 11 rings (SSSR count). The normalized spacial score (nSPS) is 11.9. The number of hydrogen-bond acceptors (Lipinski definition) is 1. The average molecular weight is 647 g/mol. The van der Waals surface area contributed by atoms with Crippen LogP contribution in [0.5, 0.6) is 0 Å². The van der Waals surface area contributed by atoms with Crippen molar-refractivity contribution < 1.29 is 4.42 Å². The summed E-state index contributed by atoms with van der Waals surface area (Å²) in [5, 5.41) is 15.4. The molecule has 0 fully saturated rings. The van der Waals surface area contributed by atoms with E-state index in [4.69, 9.17) is 4.42 Å². The van der Waals surface area contributed by atoms with Gasteiger partial charge in [0.1, 0.15) is 11.2 Å². The van der Waals surface area contributed by atoms with Crippen LogP contribution in [0.1, 0.15) is 0 Å². The minimum absolute atomic E-state index is 0.918. The highest BCUT2D eigenvalue weighted by atomic mass is 16.3. The predicted molar refractivity (Wildman–Crippen MR) is 218 cm³/mol. The average Bonchev–Trinajstić information content (AvgIpc) is 3.60. The third-order valence-corrected chi connectivity index (χ3v) is 10.8. The number of fused-ring (bicyclic) bond motifs is 14. The monoisotopic (exact) mass is 646 g/mol. The first-order valence-corrected chi connectivity index (χ1v) is 17.6. The molecular weight excluding hydrogens is 617 g/mol. The van der Waals surface area contributed by atoms with Gasteiger partial charge in [-0.15, -0.1) is 0 Å². The number of benzene rings is 10. The third-order valence-electron chi connectivity index (χ3n) is 10.8. The van der Waals surface area contributed by atoms with Crippen LogP contribution in [0.3, 0.4) is 0 Å². The van der Waals surface area contributed by atoms with Gasteiger partial charge in [0.05, 0.1) is 0 Å². The van der Waals surface area contributed by atoms with Crippen LogP contribution in [-0.4, -0.2) is 0 Å². The van der Waals surface area contributed by atoms with E-state index in [1.807, 2.05) is 12.1 Å². The molecule has 0 saturated carbocycles.